The molecule has 0 saturated heterocycles. The van der Waals surface area contributed by atoms with Crippen molar-refractivity contribution in [2.45, 2.75) is 17.9 Å². The molecule has 1 aliphatic heterocycles. The number of anilines is 3. The minimum atomic E-state index is -0.128. The first-order chi connectivity index (χ1) is 17.6. The zero-order valence-electron chi connectivity index (χ0n) is 19.3. The van der Waals surface area contributed by atoms with Crippen LogP contribution in [-0.4, -0.2) is 16.6 Å². The summed E-state index contributed by atoms with van der Waals surface area (Å²) in [6.45, 7) is 0. The summed E-state index contributed by atoms with van der Waals surface area (Å²) in [4.78, 5) is 19.8. The van der Waals surface area contributed by atoms with Crippen molar-refractivity contribution in [1.82, 2.24) is 4.98 Å². The van der Waals surface area contributed by atoms with Crippen molar-refractivity contribution in [2.24, 2.45) is 0 Å². The lowest BCUT2D eigenvalue weighted by Gasteiger charge is -2.25. The standard InChI is InChI=1S/C29H21N5OS/c30-16-22-27(21-10-2-1-3-11-21)23(17-31)29(33-28(22)32)36-18-26(35)34-24-12-6-4-8-19(24)14-15-20-9-5-7-13-25(20)34/h1-13H,14-15,18H2,(H2,32,33). The molecule has 2 heterocycles. The van der Waals surface area contributed by atoms with Crippen LogP contribution < -0.4 is 10.6 Å². The molecule has 7 heteroatoms. The molecule has 4 aromatic rings. The van der Waals surface area contributed by atoms with Gasteiger partial charge in [0, 0.05) is 5.56 Å². The molecule has 5 rings (SSSR count). The second kappa shape index (κ2) is 9.95. The van der Waals surface area contributed by atoms with Crippen molar-refractivity contribution in [3.8, 4) is 23.3 Å². The number of fused-ring (bicyclic) bond motifs is 2. The molecule has 1 aliphatic rings. The summed E-state index contributed by atoms with van der Waals surface area (Å²) in [5, 5.41) is 20.1. The first-order valence-corrected chi connectivity index (χ1v) is 12.4. The van der Waals surface area contributed by atoms with E-state index in [2.05, 4.69) is 29.3 Å². The maximum Gasteiger partial charge on any atom is 0.241 e. The average molecular weight is 488 g/mol. The summed E-state index contributed by atoms with van der Waals surface area (Å²) in [7, 11) is 0. The number of nitrogens with two attached hydrogens (primary N) is 1. The molecule has 0 bridgehead atoms. The van der Waals surface area contributed by atoms with Crippen molar-refractivity contribution in [1.29, 1.82) is 10.5 Å². The first-order valence-electron chi connectivity index (χ1n) is 11.4. The Morgan fingerprint density at radius 1 is 0.861 bits per heavy atom. The number of hydrogen-bond acceptors (Lipinski definition) is 6. The van der Waals surface area contributed by atoms with Gasteiger partial charge in [0.05, 0.1) is 22.7 Å². The Balaban J connectivity index is 1.53. The van der Waals surface area contributed by atoms with Crippen LogP contribution in [-0.2, 0) is 17.6 Å². The molecule has 0 atom stereocenters. The Morgan fingerprint density at radius 2 is 1.42 bits per heavy atom. The fraction of sp³-hybridized carbons (Fsp3) is 0.103. The Kier molecular flexibility index (Phi) is 6.40. The third-order valence-electron chi connectivity index (χ3n) is 6.19. The van der Waals surface area contributed by atoms with Gasteiger partial charge in [-0.2, -0.15) is 10.5 Å². The quantitative estimate of drug-likeness (QED) is 0.374. The van der Waals surface area contributed by atoms with Crippen LogP contribution in [0.2, 0.25) is 0 Å². The van der Waals surface area contributed by atoms with Gasteiger partial charge in [-0.1, -0.05) is 78.5 Å². The predicted molar refractivity (Wildman–Crippen MR) is 142 cm³/mol. The molecular formula is C29H21N5OS. The van der Waals surface area contributed by atoms with E-state index in [1.807, 2.05) is 66.7 Å². The third kappa shape index (κ3) is 4.17. The summed E-state index contributed by atoms with van der Waals surface area (Å²) in [5.74, 6) is -0.0448. The molecule has 0 saturated carbocycles. The molecule has 1 aromatic heterocycles. The molecule has 174 valence electrons. The summed E-state index contributed by atoms with van der Waals surface area (Å²) in [5.41, 5.74) is 11.6. The predicted octanol–water partition coefficient (Wildman–Crippen LogP) is 5.63. The van der Waals surface area contributed by atoms with E-state index < -0.39 is 0 Å². The number of nitriles is 2. The van der Waals surface area contributed by atoms with Crippen LogP contribution in [0.4, 0.5) is 17.2 Å². The average Bonchev–Trinajstić information content (AvgIpc) is 3.08. The van der Waals surface area contributed by atoms with Crippen LogP contribution in [0.25, 0.3) is 11.1 Å². The molecule has 6 nitrogen and oxygen atoms in total. The Labute approximate surface area is 213 Å². The highest BCUT2D eigenvalue weighted by Gasteiger charge is 2.27. The van der Waals surface area contributed by atoms with E-state index in [1.165, 1.54) is 0 Å². The van der Waals surface area contributed by atoms with Gasteiger partial charge in [-0.15, -0.1) is 0 Å². The molecule has 2 N–H and O–H groups in total. The SMILES string of the molecule is N#Cc1c(N)nc(SCC(=O)N2c3ccccc3CCc3ccccc32)c(C#N)c1-c1ccccc1. The molecule has 0 fully saturated rings. The van der Waals surface area contributed by atoms with Crippen LogP contribution in [0, 0.1) is 22.7 Å². The van der Waals surface area contributed by atoms with Gasteiger partial charge >= 0.3 is 0 Å². The minimum Gasteiger partial charge on any atom is -0.383 e. The summed E-state index contributed by atoms with van der Waals surface area (Å²) < 4.78 is 0. The Bertz CT molecular complexity index is 1510. The van der Waals surface area contributed by atoms with Crippen LogP contribution in [0.3, 0.4) is 0 Å². The zero-order chi connectivity index (χ0) is 25.1. The van der Waals surface area contributed by atoms with Gasteiger partial charge < -0.3 is 5.73 Å². The lowest BCUT2D eigenvalue weighted by atomic mass is 9.97. The fourth-order valence-electron chi connectivity index (χ4n) is 4.54. The number of nitrogen functional groups attached to an aromatic ring is 1. The van der Waals surface area contributed by atoms with E-state index in [9.17, 15) is 15.3 Å². The van der Waals surface area contributed by atoms with Crippen LogP contribution >= 0.6 is 11.8 Å². The van der Waals surface area contributed by atoms with E-state index in [1.54, 1.807) is 4.90 Å². The number of nitrogens with zero attached hydrogens (tertiary/aromatic N) is 4. The number of amides is 1. The number of hydrogen-bond donors (Lipinski definition) is 1. The van der Waals surface area contributed by atoms with Crippen LogP contribution in [0.15, 0.2) is 83.9 Å². The number of carbonyl (C=O) groups excluding carboxylic acids is 1. The largest absolute Gasteiger partial charge is 0.383 e. The number of rotatable bonds is 4. The fourth-order valence-corrected chi connectivity index (χ4v) is 5.38. The van der Waals surface area contributed by atoms with Gasteiger partial charge in [0.1, 0.15) is 28.5 Å². The van der Waals surface area contributed by atoms with Crippen molar-refractivity contribution in [2.75, 3.05) is 16.4 Å². The van der Waals surface area contributed by atoms with E-state index >= 15 is 0 Å². The molecule has 1 amide bonds. The topological polar surface area (TPSA) is 107 Å². The molecule has 0 unspecified atom stereocenters. The third-order valence-corrected chi connectivity index (χ3v) is 7.15. The van der Waals surface area contributed by atoms with Crippen molar-refractivity contribution < 1.29 is 4.79 Å². The molecule has 36 heavy (non-hydrogen) atoms. The Morgan fingerprint density at radius 3 is 2.00 bits per heavy atom. The number of aromatic nitrogens is 1. The first kappa shape index (κ1) is 23.2. The number of thioether (sulfide) groups is 1. The molecule has 0 aliphatic carbocycles. The number of benzene rings is 3. The Hall–Kier alpha value is -4.59. The van der Waals surface area contributed by atoms with Gasteiger partial charge in [0.2, 0.25) is 5.91 Å². The lowest BCUT2D eigenvalue weighted by molar-refractivity contribution is -0.115. The van der Waals surface area contributed by atoms with Crippen LogP contribution in [0.5, 0.6) is 0 Å². The number of pyridine rings is 1. The maximum atomic E-state index is 13.7. The highest BCUT2D eigenvalue weighted by atomic mass is 32.2. The van der Waals surface area contributed by atoms with E-state index in [4.69, 9.17) is 5.73 Å². The van der Waals surface area contributed by atoms with Crippen LogP contribution in [0.1, 0.15) is 22.3 Å². The van der Waals surface area contributed by atoms with E-state index in [0.717, 1.165) is 47.1 Å². The zero-order valence-corrected chi connectivity index (χ0v) is 20.1. The smallest absolute Gasteiger partial charge is 0.241 e. The van der Waals surface area contributed by atoms with Crippen molar-refractivity contribution >= 4 is 34.9 Å². The van der Waals surface area contributed by atoms with Gasteiger partial charge in [-0.05, 0) is 41.7 Å². The second-order valence-corrected chi connectivity index (χ2v) is 9.26. The van der Waals surface area contributed by atoms with Gasteiger partial charge in [-0.3, -0.25) is 9.69 Å². The number of para-hydroxylation sites is 2. The minimum absolute atomic E-state index is 0.0377. The number of aryl methyl sites for hydroxylation is 2. The van der Waals surface area contributed by atoms with Crippen molar-refractivity contribution in [3.05, 3.63) is 101 Å². The molecule has 3 aromatic carbocycles. The van der Waals surface area contributed by atoms with E-state index in [-0.39, 0.29) is 28.6 Å². The highest BCUT2D eigenvalue weighted by Crippen LogP contribution is 2.38. The number of carbonyl (C=O) groups is 1. The highest BCUT2D eigenvalue weighted by molar-refractivity contribution is 8.00. The van der Waals surface area contributed by atoms with Crippen molar-refractivity contribution in [3.63, 3.8) is 0 Å². The monoisotopic (exact) mass is 487 g/mol. The summed E-state index contributed by atoms with van der Waals surface area (Å²) >= 11 is 1.16. The lowest BCUT2D eigenvalue weighted by Crippen LogP contribution is -2.28. The second-order valence-electron chi connectivity index (χ2n) is 8.29. The molecule has 0 spiro atoms. The molecular weight excluding hydrogens is 466 g/mol. The molecule has 0 radical (unpaired) electrons. The van der Waals surface area contributed by atoms with E-state index in [0.29, 0.717) is 16.2 Å². The van der Waals surface area contributed by atoms with Gasteiger partial charge in [0.25, 0.3) is 0 Å². The summed E-state index contributed by atoms with van der Waals surface area (Å²) in [6, 6.07) is 29.3. The van der Waals surface area contributed by atoms with Gasteiger partial charge in [-0.25, -0.2) is 4.98 Å². The maximum absolute atomic E-state index is 13.7. The summed E-state index contributed by atoms with van der Waals surface area (Å²) in [6.07, 6.45) is 1.69. The van der Waals surface area contributed by atoms with Gasteiger partial charge in [0.15, 0.2) is 0 Å². The normalized spacial score (nSPS) is 12.0.